The summed E-state index contributed by atoms with van der Waals surface area (Å²) in [6.07, 6.45) is 3.14. The standard InChI is InChI=1S/C18H15F3INO3S/c19-14-9-12(22)5-4-11(14)8-13-17(21)15(20)10-16-18(13)23-27(24,25)7-3-1-2-6-26-16/h1-2,4-5,9-10,23H,3,6-8H2/b2-1+. The first-order valence-electron chi connectivity index (χ1n) is 8.00. The Morgan fingerprint density at radius 3 is 2.63 bits per heavy atom. The second-order valence-corrected chi connectivity index (χ2v) is 9.02. The molecule has 0 amide bonds. The quantitative estimate of drug-likeness (QED) is 0.483. The van der Waals surface area contributed by atoms with Gasteiger partial charge in [0.05, 0.1) is 11.4 Å². The van der Waals surface area contributed by atoms with E-state index >= 15 is 0 Å². The van der Waals surface area contributed by atoms with E-state index in [2.05, 4.69) is 4.72 Å². The predicted octanol–water partition coefficient (Wildman–Crippen LogP) is 4.38. The maximum absolute atomic E-state index is 14.6. The maximum Gasteiger partial charge on any atom is 0.233 e. The molecule has 1 aliphatic heterocycles. The number of ether oxygens (including phenoxy) is 1. The van der Waals surface area contributed by atoms with E-state index < -0.39 is 27.5 Å². The second kappa shape index (κ2) is 8.09. The van der Waals surface area contributed by atoms with Crippen LogP contribution in [0.3, 0.4) is 0 Å². The van der Waals surface area contributed by atoms with Crippen LogP contribution in [0, 0.1) is 21.0 Å². The monoisotopic (exact) mass is 509 g/mol. The Kier molecular flexibility index (Phi) is 5.99. The summed E-state index contributed by atoms with van der Waals surface area (Å²) in [4.78, 5) is 0. The van der Waals surface area contributed by atoms with Gasteiger partial charge in [0, 0.05) is 21.6 Å². The minimum Gasteiger partial charge on any atom is -0.487 e. The molecule has 0 unspecified atom stereocenters. The van der Waals surface area contributed by atoms with E-state index in [9.17, 15) is 21.6 Å². The Balaban J connectivity index is 2.14. The summed E-state index contributed by atoms with van der Waals surface area (Å²) in [5.74, 6) is -3.41. The smallest absolute Gasteiger partial charge is 0.233 e. The number of nitrogens with one attached hydrogen (secondary N) is 1. The maximum atomic E-state index is 14.6. The fraction of sp³-hybridized carbons (Fsp3) is 0.222. The molecule has 0 aromatic heterocycles. The lowest BCUT2D eigenvalue weighted by Crippen LogP contribution is -2.20. The first kappa shape index (κ1) is 20.0. The lowest BCUT2D eigenvalue weighted by Gasteiger charge is -2.19. The number of hydrogen-bond donors (Lipinski definition) is 1. The normalized spacial score (nSPS) is 17.3. The van der Waals surface area contributed by atoms with Crippen LogP contribution >= 0.6 is 22.6 Å². The third-order valence-corrected chi connectivity index (χ3v) is 5.93. The third-order valence-electron chi connectivity index (χ3n) is 3.98. The number of sulfonamides is 1. The van der Waals surface area contributed by atoms with E-state index in [4.69, 9.17) is 4.74 Å². The first-order chi connectivity index (χ1) is 12.8. The van der Waals surface area contributed by atoms with Crippen molar-refractivity contribution in [2.45, 2.75) is 12.8 Å². The number of benzene rings is 2. The molecule has 0 fully saturated rings. The van der Waals surface area contributed by atoms with Crippen molar-refractivity contribution in [3.63, 3.8) is 0 Å². The third kappa shape index (κ3) is 4.75. The Labute approximate surface area is 168 Å². The van der Waals surface area contributed by atoms with Crippen molar-refractivity contribution in [2.24, 2.45) is 0 Å². The zero-order valence-corrected chi connectivity index (χ0v) is 16.9. The van der Waals surface area contributed by atoms with Crippen LogP contribution in [0.25, 0.3) is 0 Å². The number of allylic oxidation sites excluding steroid dienone is 1. The molecule has 9 heteroatoms. The van der Waals surface area contributed by atoms with Gasteiger partial charge in [-0.3, -0.25) is 4.72 Å². The average Bonchev–Trinajstić information content (AvgIpc) is 2.59. The number of rotatable bonds is 2. The molecule has 144 valence electrons. The molecule has 1 aliphatic rings. The van der Waals surface area contributed by atoms with Gasteiger partial charge in [0.25, 0.3) is 0 Å². The molecule has 2 aromatic carbocycles. The Hall–Kier alpha value is -1.75. The van der Waals surface area contributed by atoms with Crippen molar-refractivity contribution in [1.29, 1.82) is 0 Å². The summed E-state index contributed by atoms with van der Waals surface area (Å²) in [5.41, 5.74) is -0.404. The molecule has 0 saturated carbocycles. The molecule has 1 N–H and O–H groups in total. The minimum atomic E-state index is -3.82. The number of halogens is 4. The van der Waals surface area contributed by atoms with Crippen LogP contribution in [0.5, 0.6) is 5.75 Å². The van der Waals surface area contributed by atoms with Crippen LogP contribution in [0.2, 0.25) is 0 Å². The summed E-state index contributed by atoms with van der Waals surface area (Å²) in [5, 5.41) is 0. The van der Waals surface area contributed by atoms with Crippen LogP contribution in [-0.4, -0.2) is 20.8 Å². The number of fused-ring (bicyclic) bond motifs is 1. The topological polar surface area (TPSA) is 55.4 Å². The molecule has 0 aliphatic carbocycles. The van der Waals surface area contributed by atoms with Gasteiger partial charge < -0.3 is 4.74 Å². The van der Waals surface area contributed by atoms with Gasteiger partial charge in [0.1, 0.15) is 18.2 Å². The van der Waals surface area contributed by atoms with Crippen LogP contribution in [0.1, 0.15) is 17.5 Å². The highest BCUT2D eigenvalue weighted by Gasteiger charge is 2.24. The Morgan fingerprint density at radius 1 is 1.11 bits per heavy atom. The van der Waals surface area contributed by atoms with E-state index in [0.29, 0.717) is 3.57 Å². The molecule has 0 spiro atoms. The van der Waals surface area contributed by atoms with E-state index in [1.54, 1.807) is 18.2 Å². The van der Waals surface area contributed by atoms with Crippen molar-refractivity contribution in [3.05, 3.63) is 68.6 Å². The molecule has 0 bridgehead atoms. The summed E-state index contributed by atoms with van der Waals surface area (Å²) < 4.78 is 75.7. The van der Waals surface area contributed by atoms with Crippen molar-refractivity contribution in [3.8, 4) is 5.75 Å². The van der Waals surface area contributed by atoms with E-state index in [-0.39, 0.29) is 47.8 Å². The minimum absolute atomic E-state index is 0.0666. The van der Waals surface area contributed by atoms with Crippen molar-refractivity contribution in [1.82, 2.24) is 0 Å². The highest BCUT2D eigenvalue weighted by molar-refractivity contribution is 14.1. The molecule has 0 atom stereocenters. The van der Waals surface area contributed by atoms with Gasteiger partial charge >= 0.3 is 0 Å². The summed E-state index contributed by atoms with van der Waals surface area (Å²) in [7, 11) is -3.82. The molecule has 1 heterocycles. The molecule has 3 rings (SSSR count). The van der Waals surface area contributed by atoms with E-state index in [0.717, 1.165) is 6.07 Å². The van der Waals surface area contributed by atoms with Crippen molar-refractivity contribution in [2.75, 3.05) is 17.1 Å². The van der Waals surface area contributed by atoms with Crippen molar-refractivity contribution < 1.29 is 26.3 Å². The molecule has 0 saturated heterocycles. The summed E-state index contributed by atoms with van der Waals surface area (Å²) in [6, 6.07) is 5.13. The molecule has 4 nitrogen and oxygen atoms in total. The molecular formula is C18H15F3INO3S. The van der Waals surface area contributed by atoms with Gasteiger partial charge in [-0.25, -0.2) is 21.6 Å². The molecule has 27 heavy (non-hydrogen) atoms. The second-order valence-electron chi connectivity index (χ2n) is 5.93. The average molecular weight is 509 g/mol. The fourth-order valence-electron chi connectivity index (χ4n) is 2.65. The van der Waals surface area contributed by atoms with Gasteiger partial charge in [-0.15, -0.1) is 0 Å². The predicted molar refractivity (Wildman–Crippen MR) is 105 cm³/mol. The van der Waals surface area contributed by atoms with Crippen molar-refractivity contribution >= 4 is 38.3 Å². The van der Waals surface area contributed by atoms with Gasteiger partial charge in [0.2, 0.25) is 10.0 Å². The summed E-state index contributed by atoms with van der Waals surface area (Å²) >= 11 is 1.93. The van der Waals surface area contributed by atoms with Crippen LogP contribution in [-0.2, 0) is 16.4 Å². The van der Waals surface area contributed by atoms with Gasteiger partial charge in [-0.05, 0) is 46.7 Å². The largest absolute Gasteiger partial charge is 0.487 e. The van der Waals surface area contributed by atoms with Crippen LogP contribution in [0.4, 0.5) is 18.9 Å². The first-order valence-corrected chi connectivity index (χ1v) is 10.7. The number of anilines is 1. The van der Waals surface area contributed by atoms with Gasteiger partial charge in [-0.2, -0.15) is 0 Å². The highest BCUT2D eigenvalue weighted by Crippen LogP contribution is 2.36. The van der Waals surface area contributed by atoms with Gasteiger partial charge in [-0.1, -0.05) is 18.2 Å². The zero-order chi connectivity index (χ0) is 19.6. The molecule has 2 aromatic rings. The van der Waals surface area contributed by atoms with Crippen LogP contribution < -0.4 is 9.46 Å². The molecular weight excluding hydrogens is 494 g/mol. The lowest BCUT2D eigenvalue weighted by atomic mass is 10.0. The number of hydrogen-bond acceptors (Lipinski definition) is 3. The molecule has 0 radical (unpaired) electrons. The van der Waals surface area contributed by atoms with E-state index in [1.807, 2.05) is 22.6 Å². The fourth-order valence-corrected chi connectivity index (χ4v) is 4.19. The highest BCUT2D eigenvalue weighted by atomic mass is 127. The zero-order valence-electron chi connectivity index (χ0n) is 13.9. The SMILES string of the molecule is O=S1(=O)CC/C=C/COc2cc(F)c(F)c(Cc3ccc(I)cc3F)c2N1. The van der Waals surface area contributed by atoms with Crippen LogP contribution in [0.15, 0.2) is 36.4 Å². The lowest BCUT2D eigenvalue weighted by molar-refractivity contribution is 0.359. The Morgan fingerprint density at radius 2 is 1.89 bits per heavy atom. The van der Waals surface area contributed by atoms with Gasteiger partial charge in [0.15, 0.2) is 11.6 Å². The van der Waals surface area contributed by atoms with E-state index in [1.165, 1.54) is 12.1 Å². The Bertz CT molecular complexity index is 1010. The summed E-state index contributed by atoms with van der Waals surface area (Å²) in [6.45, 7) is 0.0666.